The summed E-state index contributed by atoms with van der Waals surface area (Å²) in [5, 5.41) is 3.31. The van der Waals surface area contributed by atoms with Crippen molar-refractivity contribution < 1.29 is 18.0 Å². The molecule has 1 fully saturated rings. The van der Waals surface area contributed by atoms with E-state index in [0.717, 1.165) is 12.0 Å². The number of amides is 2. The van der Waals surface area contributed by atoms with Gasteiger partial charge in [0, 0.05) is 43.8 Å². The lowest BCUT2D eigenvalue weighted by molar-refractivity contribution is 0.0668. The molecule has 1 N–H and O–H groups in total. The smallest absolute Gasteiger partial charge is 0.270 e. The van der Waals surface area contributed by atoms with Gasteiger partial charge in [-0.3, -0.25) is 14.4 Å². The molecule has 0 saturated carbocycles. The van der Waals surface area contributed by atoms with Crippen LogP contribution in [-0.2, 0) is 23.1 Å². The van der Waals surface area contributed by atoms with Crippen molar-refractivity contribution >= 4 is 33.4 Å². The number of benzene rings is 1. The summed E-state index contributed by atoms with van der Waals surface area (Å²) in [7, 11) is -3.34. The second-order valence-electron chi connectivity index (χ2n) is 8.32. The Morgan fingerprint density at radius 3 is 2.52 bits per heavy atom. The fourth-order valence-corrected chi connectivity index (χ4v) is 5.68. The van der Waals surface area contributed by atoms with Crippen LogP contribution in [0.4, 0.5) is 0 Å². The molecular weight excluding hydrogens is 468 g/mol. The fourth-order valence-electron chi connectivity index (χ4n) is 4.38. The number of sulfonamides is 1. The minimum Gasteiger partial charge on any atom is -0.348 e. The molecule has 0 bridgehead atoms. The first-order chi connectivity index (χ1) is 15.6. The first-order valence-electron chi connectivity index (χ1n) is 10.7. The molecule has 0 spiro atoms. The van der Waals surface area contributed by atoms with Gasteiger partial charge in [-0.25, -0.2) is 8.42 Å². The number of nitrogens with one attached hydrogen (secondary N) is 1. The molecule has 9 nitrogen and oxygen atoms in total. The monoisotopic (exact) mass is 492 g/mol. The van der Waals surface area contributed by atoms with Gasteiger partial charge in [0.25, 0.3) is 17.4 Å². The zero-order valence-corrected chi connectivity index (χ0v) is 19.7. The lowest BCUT2D eigenvalue weighted by Crippen LogP contribution is -2.50. The van der Waals surface area contributed by atoms with Gasteiger partial charge in [-0.05, 0) is 42.7 Å². The third-order valence-corrected chi connectivity index (χ3v) is 7.65. The number of fused-ring (bicyclic) bond motifs is 1. The van der Waals surface area contributed by atoms with Gasteiger partial charge in [0.2, 0.25) is 10.0 Å². The van der Waals surface area contributed by atoms with Crippen molar-refractivity contribution in [3.8, 4) is 0 Å². The maximum atomic E-state index is 13.0. The van der Waals surface area contributed by atoms with E-state index in [0.29, 0.717) is 18.0 Å². The van der Waals surface area contributed by atoms with Crippen LogP contribution in [0.5, 0.6) is 0 Å². The van der Waals surface area contributed by atoms with E-state index in [9.17, 15) is 22.8 Å². The molecule has 1 aromatic heterocycles. The fraction of sp³-hybridized carbons (Fsp3) is 0.409. The Bertz CT molecular complexity index is 1240. The highest BCUT2D eigenvalue weighted by Gasteiger charge is 2.35. The number of hydrogen-bond acceptors (Lipinski definition) is 5. The second kappa shape index (κ2) is 9.28. The lowest BCUT2D eigenvalue weighted by atomic mass is 10.1. The number of nitrogens with zero attached hydrogens (tertiary/aromatic N) is 3. The van der Waals surface area contributed by atoms with E-state index in [1.165, 1.54) is 27.3 Å². The Labute approximate surface area is 197 Å². The van der Waals surface area contributed by atoms with Crippen molar-refractivity contribution in [2.24, 2.45) is 0 Å². The normalized spacial score (nSPS) is 18.9. The van der Waals surface area contributed by atoms with E-state index in [4.69, 9.17) is 11.6 Å². The largest absolute Gasteiger partial charge is 0.348 e. The van der Waals surface area contributed by atoms with Crippen LogP contribution in [0.1, 0.15) is 39.3 Å². The minimum atomic E-state index is -3.34. The standard InChI is InChI=1S/C22H25ClN4O5S/c1-33(31,32)27-10-2-3-17(27)14-25-11-12-26-19(22(25)30)9-8-18(21(26)29)20(28)24-13-15-4-6-16(23)7-5-15/h4-9,17H,2-3,10-14H2,1H3,(H,24,28)/t17-/m1/s1. The van der Waals surface area contributed by atoms with Crippen LogP contribution in [0.2, 0.25) is 5.02 Å². The van der Waals surface area contributed by atoms with Crippen molar-refractivity contribution in [1.29, 1.82) is 0 Å². The van der Waals surface area contributed by atoms with Crippen molar-refractivity contribution in [3.63, 3.8) is 0 Å². The summed E-state index contributed by atoms with van der Waals surface area (Å²) in [5.74, 6) is -0.860. The number of rotatable bonds is 6. The molecule has 2 aliphatic rings. The van der Waals surface area contributed by atoms with Crippen LogP contribution in [0.25, 0.3) is 0 Å². The van der Waals surface area contributed by atoms with E-state index in [1.807, 2.05) is 0 Å². The molecule has 4 rings (SSSR count). The van der Waals surface area contributed by atoms with Crippen molar-refractivity contribution in [2.75, 3.05) is 25.9 Å². The molecule has 1 aromatic carbocycles. The summed E-state index contributed by atoms with van der Waals surface area (Å²) in [4.78, 5) is 40.1. The van der Waals surface area contributed by atoms with Gasteiger partial charge in [-0.2, -0.15) is 4.31 Å². The number of carbonyl (C=O) groups excluding carboxylic acids is 2. The zero-order chi connectivity index (χ0) is 23.8. The predicted octanol–water partition coefficient (Wildman–Crippen LogP) is 1.31. The van der Waals surface area contributed by atoms with Gasteiger partial charge in [0.05, 0.1) is 6.26 Å². The van der Waals surface area contributed by atoms with E-state index in [2.05, 4.69) is 5.32 Å². The molecule has 1 saturated heterocycles. The van der Waals surface area contributed by atoms with Crippen LogP contribution in [0.15, 0.2) is 41.2 Å². The number of hydrogen-bond donors (Lipinski definition) is 1. The number of pyridine rings is 1. The third-order valence-electron chi connectivity index (χ3n) is 6.07. The van der Waals surface area contributed by atoms with Crippen LogP contribution in [0.3, 0.4) is 0 Å². The zero-order valence-electron chi connectivity index (χ0n) is 18.2. The Hall–Kier alpha value is -2.69. The summed E-state index contributed by atoms with van der Waals surface area (Å²) < 4.78 is 26.8. The molecule has 33 heavy (non-hydrogen) atoms. The van der Waals surface area contributed by atoms with Crippen LogP contribution in [0, 0.1) is 0 Å². The van der Waals surface area contributed by atoms with Gasteiger partial charge < -0.3 is 14.8 Å². The molecule has 3 heterocycles. The molecular formula is C22H25ClN4O5S. The minimum absolute atomic E-state index is 0.0343. The highest BCUT2D eigenvalue weighted by Crippen LogP contribution is 2.23. The first-order valence-corrected chi connectivity index (χ1v) is 12.9. The molecule has 2 aromatic rings. The number of halogens is 1. The van der Waals surface area contributed by atoms with Crippen molar-refractivity contribution in [2.45, 2.75) is 32.0 Å². The van der Waals surface area contributed by atoms with Crippen LogP contribution < -0.4 is 10.9 Å². The third kappa shape index (κ3) is 4.97. The Kier molecular flexibility index (Phi) is 6.60. The summed E-state index contributed by atoms with van der Waals surface area (Å²) in [6, 6.07) is 9.58. The predicted molar refractivity (Wildman–Crippen MR) is 124 cm³/mol. The summed E-state index contributed by atoms with van der Waals surface area (Å²) in [6.07, 6.45) is 2.62. The van der Waals surface area contributed by atoms with Crippen LogP contribution in [-0.4, -0.2) is 65.9 Å². The average molecular weight is 493 g/mol. The maximum absolute atomic E-state index is 13.0. The molecule has 2 amide bonds. The second-order valence-corrected chi connectivity index (χ2v) is 10.7. The summed E-state index contributed by atoms with van der Waals surface area (Å²) in [5.41, 5.74) is 0.483. The van der Waals surface area contributed by atoms with Crippen molar-refractivity contribution in [3.05, 3.63) is 68.6 Å². The van der Waals surface area contributed by atoms with E-state index in [-0.39, 0.29) is 49.4 Å². The summed E-state index contributed by atoms with van der Waals surface area (Å²) >= 11 is 5.86. The average Bonchev–Trinajstić information content (AvgIpc) is 3.24. The molecule has 0 aliphatic carbocycles. The van der Waals surface area contributed by atoms with Gasteiger partial charge in [0.1, 0.15) is 11.3 Å². The van der Waals surface area contributed by atoms with Crippen LogP contribution >= 0.6 is 11.6 Å². The molecule has 11 heteroatoms. The van der Waals surface area contributed by atoms with Gasteiger partial charge in [-0.15, -0.1) is 0 Å². The number of aromatic nitrogens is 1. The highest BCUT2D eigenvalue weighted by atomic mass is 35.5. The topological polar surface area (TPSA) is 109 Å². The van der Waals surface area contributed by atoms with Gasteiger partial charge in [-0.1, -0.05) is 23.7 Å². The number of carbonyl (C=O) groups is 2. The highest BCUT2D eigenvalue weighted by molar-refractivity contribution is 7.88. The SMILES string of the molecule is CS(=O)(=O)N1CCC[C@@H]1CN1CCn2c(ccc(C(=O)NCc3ccc(Cl)cc3)c2=O)C1=O. The molecule has 176 valence electrons. The summed E-state index contributed by atoms with van der Waals surface area (Å²) in [6.45, 7) is 1.49. The Morgan fingerprint density at radius 2 is 1.82 bits per heavy atom. The Morgan fingerprint density at radius 1 is 1.09 bits per heavy atom. The lowest BCUT2D eigenvalue weighted by Gasteiger charge is -2.33. The van der Waals surface area contributed by atoms with Gasteiger partial charge >= 0.3 is 0 Å². The first kappa shape index (κ1) is 23.5. The quantitative estimate of drug-likeness (QED) is 0.654. The molecule has 1 atom stereocenters. The molecule has 0 unspecified atom stereocenters. The maximum Gasteiger partial charge on any atom is 0.270 e. The molecule has 2 aliphatic heterocycles. The Balaban J connectivity index is 1.47. The van der Waals surface area contributed by atoms with E-state index < -0.39 is 21.5 Å². The molecule has 0 radical (unpaired) electrons. The van der Waals surface area contributed by atoms with E-state index in [1.54, 1.807) is 29.2 Å². The van der Waals surface area contributed by atoms with E-state index >= 15 is 0 Å². The van der Waals surface area contributed by atoms with Gasteiger partial charge in [0.15, 0.2) is 0 Å². The van der Waals surface area contributed by atoms with Crippen molar-refractivity contribution in [1.82, 2.24) is 19.1 Å².